The second-order valence-electron chi connectivity index (χ2n) is 10.4. The average Bonchev–Trinajstić information content (AvgIpc) is 3.03. The molecule has 4 aromatic carbocycles. The van der Waals surface area contributed by atoms with E-state index >= 15 is 0 Å². The number of hydrogen-bond donors (Lipinski definition) is 1. The molecule has 1 N–H and O–H groups in total. The van der Waals surface area contributed by atoms with Crippen molar-refractivity contribution in [3.05, 3.63) is 123 Å². The molecule has 8 nitrogen and oxygen atoms in total. The first kappa shape index (κ1) is 34.0. The molecule has 4 rings (SSSR count). The number of halogens is 2. The number of anilines is 1. The number of nitrogens with zero attached hydrogens (tertiary/aromatic N) is 2. The predicted molar refractivity (Wildman–Crippen MR) is 181 cm³/mol. The number of carbonyl (C=O) groups excluding carboxylic acids is 2. The molecule has 0 aliphatic carbocycles. The van der Waals surface area contributed by atoms with Crippen LogP contribution >= 0.6 is 27.5 Å². The third-order valence-electron chi connectivity index (χ3n) is 7.19. The van der Waals surface area contributed by atoms with E-state index in [0.29, 0.717) is 6.54 Å². The second kappa shape index (κ2) is 15.4. The lowest BCUT2D eigenvalue weighted by molar-refractivity contribution is -0.140. The van der Waals surface area contributed by atoms with Crippen LogP contribution in [0.4, 0.5) is 5.69 Å². The molecule has 45 heavy (non-hydrogen) atoms. The largest absolute Gasteiger partial charge is 0.495 e. The van der Waals surface area contributed by atoms with E-state index < -0.39 is 28.5 Å². The van der Waals surface area contributed by atoms with Gasteiger partial charge in [-0.05, 0) is 67.4 Å². The Bertz CT molecular complexity index is 1720. The molecule has 0 unspecified atom stereocenters. The van der Waals surface area contributed by atoms with E-state index in [1.54, 1.807) is 31.2 Å². The van der Waals surface area contributed by atoms with Gasteiger partial charge in [0.05, 0.1) is 17.7 Å². The summed E-state index contributed by atoms with van der Waals surface area (Å²) in [5, 5.41) is 3.12. The minimum atomic E-state index is -4.30. The van der Waals surface area contributed by atoms with Gasteiger partial charge in [-0.15, -0.1) is 0 Å². The van der Waals surface area contributed by atoms with Gasteiger partial charge in [0.15, 0.2) is 0 Å². The van der Waals surface area contributed by atoms with E-state index in [0.717, 1.165) is 25.5 Å². The van der Waals surface area contributed by atoms with Crippen molar-refractivity contribution in [1.29, 1.82) is 0 Å². The SMILES string of the molecule is CCNC(=O)[C@@H](Cc1ccccc1)N(Cc1ccc(Br)cc1)C(=O)CN(c1cc(Cl)ccc1OC)S(=O)(=O)c1ccc(C)cc1. The lowest BCUT2D eigenvalue weighted by atomic mass is 10.0. The van der Waals surface area contributed by atoms with E-state index in [4.69, 9.17) is 16.3 Å². The first-order valence-electron chi connectivity index (χ1n) is 14.3. The maximum absolute atomic E-state index is 14.5. The number of nitrogens with one attached hydrogen (secondary N) is 1. The van der Waals surface area contributed by atoms with E-state index in [2.05, 4.69) is 21.2 Å². The molecule has 0 bridgehead atoms. The van der Waals surface area contributed by atoms with Gasteiger partial charge in [-0.2, -0.15) is 0 Å². The summed E-state index contributed by atoms with van der Waals surface area (Å²) in [5.74, 6) is -0.713. The average molecular weight is 713 g/mol. The molecular weight excluding hydrogens is 678 g/mol. The minimum Gasteiger partial charge on any atom is -0.495 e. The van der Waals surface area contributed by atoms with Crippen LogP contribution in [0.15, 0.2) is 106 Å². The topological polar surface area (TPSA) is 96.0 Å². The highest BCUT2D eigenvalue weighted by molar-refractivity contribution is 9.10. The Morgan fingerprint density at radius 1 is 0.933 bits per heavy atom. The van der Waals surface area contributed by atoms with E-state index in [1.807, 2.05) is 61.5 Å². The van der Waals surface area contributed by atoms with Gasteiger partial charge in [0, 0.05) is 29.0 Å². The van der Waals surface area contributed by atoms with Crippen molar-refractivity contribution in [1.82, 2.24) is 10.2 Å². The van der Waals surface area contributed by atoms with Crippen molar-refractivity contribution >= 4 is 55.1 Å². The summed E-state index contributed by atoms with van der Waals surface area (Å²) in [4.78, 5) is 29.6. The van der Waals surface area contributed by atoms with Crippen molar-refractivity contribution in [2.24, 2.45) is 0 Å². The van der Waals surface area contributed by atoms with E-state index in [9.17, 15) is 18.0 Å². The molecule has 0 radical (unpaired) electrons. The van der Waals surface area contributed by atoms with Gasteiger partial charge < -0.3 is 15.0 Å². The maximum Gasteiger partial charge on any atom is 0.264 e. The highest BCUT2D eigenvalue weighted by Crippen LogP contribution is 2.35. The highest BCUT2D eigenvalue weighted by atomic mass is 79.9. The van der Waals surface area contributed by atoms with Crippen molar-refractivity contribution in [3.8, 4) is 5.75 Å². The Morgan fingerprint density at radius 2 is 1.60 bits per heavy atom. The van der Waals surface area contributed by atoms with Gasteiger partial charge >= 0.3 is 0 Å². The van der Waals surface area contributed by atoms with Crippen LogP contribution in [0, 0.1) is 6.92 Å². The number of aryl methyl sites for hydroxylation is 1. The molecule has 1 atom stereocenters. The van der Waals surface area contributed by atoms with Crippen LogP contribution in [-0.4, -0.2) is 51.4 Å². The molecule has 0 aromatic heterocycles. The summed E-state index contributed by atoms with van der Waals surface area (Å²) < 4.78 is 35.9. The van der Waals surface area contributed by atoms with Crippen LogP contribution in [0.25, 0.3) is 0 Å². The lowest BCUT2D eigenvalue weighted by Gasteiger charge is -2.34. The minimum absolute atomic E-state index is 0.00745. The van der Waals surface area contributed by atoms with Gasteiger partial charge in [-0.1, -0.05) is 87.7 Å². The summed E-state index contributed by atoms with van der Waals surface area (Å²) in [6.45, 7) is 3.46. The van der Waals surface area contributed by atoms with Gasteiger partial charge in [-0.3, -0.25) is 13.9 Å². The maximum atomic E-state index is 14.5. The summed E-state index contributed by atoms with van der Waals surface area (Å²) in [6, 6.07) is 26.8. The fourth-order valence-electron chi connectivity index (χ4n) is 4.84. The number of methoxy groups -OCH3 is 1. The van der Waals surface area contributed by atoms with Gasteiger partial charge in [0.2, 0.25) is 11.8 Å². The van der Waals surface area contributed by atoms with Crippen molar-refractivity contribution < 1.29 is 22.7 Å². The van der Waals surface area contributed by atoms with Gasteiger partial charge in [0.25, 0.3) is 10.0 Å². The fourth-order valence-corrected chi connectivity index (χ4v) is 6.69. The zero-order chi connectivity index (χ0) is 32.6. The molecule has 0 fully saturated rings. The van der Waals surface area contributed by atoms with Crippen molar-refractivity contribution in [3.63, 3.8) is 0 Å². The molecule has 2 amide bonds. The van der Waals surface area contributed by atoms with Crippen LogP contribution in [-0.2, 0) is 32.6 Å². The molecule has 0 heterocycles. The second-order valence-corrected chi connectivity index (χ2v) is 13.6. The number of carbonyl (C=O) groups is 2. The number of sulfonamides is 1. The molecular formula is C34H35BrClN3O5S. The third-order valence-corrected chi connectivity index (χ3v) is 9.72. The summed E-state index contributed by atoms with van der Waals surface area (Å²) >= 11 is 9.79. The Morgan fingerprint density at radius 3 is 2.22 bits per heavy atom. The molecule has 236 valence electrons. The van der Waals surface area contributed by atoms with Crippen LogP contribution in [0.5, 0.6) is 5.75 Å². The number of benzene rings is 4. The molecule has 0 aliphatic heterocycles. The number of rotatable bonds is 13. The van der Waals surface area contributed by atoms with Gasteiger partial charge in [0.1, 0.15) is 18.3 Å². The normalized spacial score (nSPS) is 11.8. The molecule has 0 saturated heterocycles. The molecule has 0 spiro atoms. The standard InChI is InChI=1S/C34H35BrClN3O5S/c1-4-37-34(41)31(20-25-8-6-5-7-9-25)38(22-26-12-14-27(35)15-13-26)33(40)23-39(30-21-28(36)16-19-32(30)44-3)45(42,43)29-17-10-24(2)11-18-29/h5-19,21,31H,4,20,22-23H2,1-3H3,(H,37,41)/t31-/m1/s1. The Labute approximate surface area is 278 Å². The third kappa shape index (κ3) is 8.65. The zero-order valence-corrected chi connectivity index (χ0v) is 28.4. The Hall–Kier alpha value is -3.86. The van der Waals surface area contributed by atoms with E-state index in [1.165, 1.54) is 30.2 Å². The fraction of sp³-hybridized carbons (Fsp3) is 0.235. The van der Waals surface area contributed by atoms with Crippen LogP contribution in [0.1, 0.15) is 23.6 Å². The predicted octanol–water partition coefficient (Wildman–Crippen LogP) is 6.39. The first-order chi connectivity index (χ1) is 21.5. The first-order valence-corrected chi connectivity index (χ1v) is 16.9. The zero-order valence-electron chi connectivity index (χ0n) is 25.2. The Balaban J connectivity index is 1.84. The number of likely N-dealkylation sites (N-methyl/N-ethyl adjacent to an activating group) is 1. The Kier molecular flexibility index (Phi) is 11.7. The van der Waals surface area contributed by atoms with Crippen molar-refractivity contribution in [2.45, 2.75) is 37.8 Å². The monoisotopic (exact) mass is 711 g/mol. The smallest absolute Gasteiger partial charge is 0.264 e. The molecule has 0 saturated carbocycles. The van der Waals surface area contributed by atoms with Crippen LogP contribution in [0.2, 0.25) is 5.02 Å². The van der Waals surface area contributed by atoms with Crippen LogP contribution < -0.4 is 14.4 Å². The quantitative estimate of drug-likeness (QED) is 0.173. The summed E-state index contributed by atoms with van der Waals surface area (Å²) in [6.07, 6.45) is 0.222. The molecule has 0 aliphatic rings. The summed E-state index contributed by atoms with van der Waals surface area (Å²) in [5.41, 5.74) is 2.59. The molecule has 11 heteroatoms. The van der Waals surface area contributed by atoms with E-state index in [-0.39, 0.29) is 40.2 Å². The number of hydrogen-bond acceptors (Lipinski definition) is 5. The lowest BCUT2D eigenvalue weighted by Crippen LogP contribution is -2.53. The summed E-state index contributed by atoms with van der Waals surface area (Å²) in [7, 11) is -2.89. The number of ether oxygens (including phenoxy) is 1. The van der Waals surface area contributed by atoms with Gasteiger partial charge in [-0.25, -0.2) is 8.42 Å². The number of amides is 2. The van der Waals surface area contributed by atoms with Crippen molar-refractivity contribution in [2.75, 3.05) is 24.5 Å². The highest BCUT2D eigenvalue weighted by Gasteiger charge is 2.35. The van der Waals surface area contributed by atoms with Crippen LogP contribution in [0.3, 0.4) is 0 Å². The molecule has 4 aromatic rings.